The lowest BCUT2D eigenvalue weighted by Crippen LogP contribution is -2.34. The quantitative estimate of drug-likeness (QED) is 0.474. The van der Waals surface area contributed by atoms with Gasteiger partial charge in [-0.1, -0.05) is 6.07 Å². The van der Waals surface area contributed by atoms with Crippen molar-refractivity contribution >= 4 is 39.1 Å². The number of benzene rings is 2. The number of ether oxygens (including phenoxy) is 1. The van der Waals surface area contributed by atoms with Crippen LogP contribution >= 0.6 is 11.3 Å². The van der Waals surface area contributed by atoms with Crippen LogP contribution in [0.5, 0.6) is 5.75 Å². The molecule has 0 aliphatic heterocycles. The van der Waals surface area contributed by atoms with E-state index < -0.39 is 0 Å². The van der Waals surface area contributed by atoms with Gasteiger partial charge in [-0.15, -0.1) is 11.3 Å². The number of anilines is 1. The molecule has 0 aliphatic rings. The first-order chi connectivity index (χ1) is 15.4. The summed E-state index contributed by atoms with van der Waals surface area (Å²) in [7, 11) is 3.13. The molecule has 0 atom stereocenters. The van der Waals surface area contributed by atoms with Crippen LogP contribution in [0.25, 0.3) is 15.9 Å². The smallest absolute Gasteiger partial charge is 0.264 e. The Morgan fingerprint density at radius 3 is 2.66 bits per heavy atom. The van der Waals surface area contributed by atoms with Crippen molar-refractivity contribution in [3.05, 3.63) is 71.0 Å². The third kappa shape index (κ3) is 4.33. The highest BCUT2D eigenvalue weighted by Crippen LogP contribution is 2.31. The molecule has 0 aliphatic carbocycles. The molecule has 0 saturated carbocycles. The van der Waals surface area contributed by atoms with Gasteiger partial charge in [-0.25, -0.2) is 9.07 Å². The second-order valence-corrected chi connectivity index (χ2v) is 8.28. The summed E-state index contributed by atoms with van der Waals surface area (Å²) in [5.74, 6) is -0.284. The van der Waals surface area contributed by atoms with E-state index in [2.05, 4.69) is 10.4 Å². The summed E-state index contributed by atoms with van der Waals surface area (Å²) >= 11 is 1.28. The Morgan fingerprint density at radius 1 is 1.19 bits per heavy atom. The third-order valence-corrected chi connectivity index (χ3v) is 6.01. The first-order valence-electron chi connectivity index (χ1n) is 9.80. The van der Waals surface area contributed by atoms with Crippen LogP contribution in [0.3, 0.4) is 0 Å². The average molecular weight is 453 g/mol. The molecular formula is C23H21FN4O3S. The van der Waals surface area contributed by atoms with Gasteiger partial charge < -0.3 is 15.0 Å². The van der Waals surface area contributed by atoms with Crippen molar-refractivity contribution in [1.29, 1.82) is 0 Å². The highest BCUT2D eigenvalue weighted by molar-refractivity contribution is 7.20. The summed E-state index contributed by atoms with van der Waals surface area (Å²) < 4.78 is 20.1. The molecule has 0 fully saturated rings. The number of nitrogens with one attached hydrogen (secondary N) is 1. The first kappa shape index (κ1) is 21.5. The summed E-state index contributed by atoms with van der Waals surface area (Å²) in [5, 5.41) is 8.12. The minimum absolute atomic E-state index is 0.104. The number of aromatic nitrogens is 2. The van der Waals surface area contributed by atoms with Gasteiger partial charge in [0.15, 0.2) is 0 Å². The molecule has 2 heterocycles. The van der Waals surface area contributed by atoms with Crippen molar-refractivity contribution in [2.45, 2.75) is 6.92 Å². The largest absolute Gasteiger partial charge is 0.497 e. The van der Waals surface area contributed by atoms with E-state index in [1.54, 1.807) is 61.3 Å². The van der Waals surface area contributed by atoms with Crippen molar-refractivity contribution in [2.24, 2.45) is 0 Å². The molecule has 0 radical (unpaired) electrons. The molecule has 1 N–H and O–H groups in total. The lowest BCUT2D eigenvalue weighted by molar-refractivity contribution is -0.116. The Labute approximate surface area is 188 Å². The number of thiophene rings is 1. The number of halogens is 1. The molecule has 4 aromatic rings. The Morgan fingerprint density at radius 2 is 1.94 bits per heavy atom. The minimum Gasteiger partial charge on any atom is -0.497 e. The van der Waals surface area contributed by atoms with Crippen molar-refractivity contribution in [1.82, 2.24) is 14.7 Å². The van der Waals surface area contributed by atoms with Gasteiger partial charge in [-0.2, -0.15) is 5.10 Å². The minimum atomic E-state index is -0.329. The number of carbonyl (C=O) groups is 2. The van der Waals surface area contributed by atoms with E-state index >= 15 is 0 Å². The molecule has 4 rings (SSSR count). The van der Waals surface area contributed by atoms with Crippen molar-refractivity contribution in [3.63, 3.8) is 0 Å². The highest BCUT2D eigenvalue weighted by Gasteiger charge is 2.21. The third-order valence-electron chi connectivity index (χ3n) is 4.91. The first-order valence-corrected chi connectivity index (χ1v) is 10.6. The van der Waals surface area contributed by atoms with E-state index in [0.29, 0.717) is 22.0 Å². The molecule has 0 spiro atoms. The Balaban J connectivity index is 1.51. The van der Waals surface area contributed by atoms with Gasteiger partial charge in [0.2, 0.25) is 5.91 Å². The number of likely N-dealkylation sites (N-methyl/N-ethyl adjacent to an activating group) is 1. The number of methoxy groups -OCH3 is 1. The maximum atomic E-state index is 13.3. The van der Waals surface area contributed by atoms with Crippen LogP contribution in [0, 0.1) is 12.7 Å². The van der Waals surface area contributed by atoms with Crippen LogP contribution in [-0.4, -0.2) is 47.2 Å². The van der Waals surface area contributed by atoms with Crippen molar-refractivity contribution < 1.29 is 18.7 Å². The fraction of sp³-hybridized carbons (Fsp3) is 0.174. The second-order valence-electron chi connectivity index (χ2n) is 7.24. The zero-order valence-electron chi connectivity index (χ0n) is 17.8. The van der Waals surface area contributed by atoms with Crippen LogP contribution in [0.2, 0.25) is 0 Å². The zero-order valence-corrected chi connectivity index (χ0v) is 18.6. The zero-order chi connectivity index (χ0) is 22.8. The number of hydrogen-bond acceptors (Lipinski definition) is 5. The molecule has 32 heavy (non-hydrogen) atoms. The van der Waals surface area contributed by atoms with E-state index in [1.807, 2.05) is 6.92 Å². The standard InChI is InChI=1S/C23H21FN4O3S/c1-14-19-12-20(32-23(19)28(26-14)17-9-7-15(24)8-10-17)22(30)27(2)13-21(29)25-16-5-4-6-18(11-16)31-3/h4-12H,13H2,1-3H3,(H,25,29). The van der Waals surface area contributed by atoms with Crippen LogP contribution < -0.4 is 10.1 Å². The topological polar surface area (TPSA) is 76.5 Å². The SMILES string of the molecule is COc1cccc(NC(=O)CN(C)C(=O)c2cc3c(C)nn(-c4ccc(F)cc4)c3s2)c1. The monoisotopic (exact) mass is 452 g/mol. The number of amides is 2. The maximum Gasteiger partial charge on any atom is 0.264 e. The van der Waals surface area contributed by atoms with Crippen molar-refractivity contribution in [2.75, 3.05) is 26.0 Å². The fourth-order valence-corrected chi connectivity index (χ4v) is 4.46. The number of nitrogens with zero attached hydrogens (tertiary/aromatic N) is 3. The molecule has 0 bridgehead atoms. The number of aryl methyl sites for hydroxylation is 1. The summed E-state index contributed by atoms with van der Waals surface area (Å²) in [6.45, 7) is 1.75. The molecule has 7 nitrogen and oxygen atoms in total. The van der Waals surface area contributed by atoms with Gasteiger partial charge in [0.1, 0.15) is 16.4 Å². The van der Waals surface area contributed by atoms with E-state index in [9.17, 15) is 14.0 Å². The molecule has 2 aromatic carbocycles. The molecule has 164 valence electrons. The number of rotatable bonds is 6. The van der Waals surface area contributed by atoms with E-state index in [4.69, 9.17) is 4.74 Å². The maximum absolute atomic E-state index is 13.3. The second kappa shape index (κ2) is 8.80. The fourth-order valence-electron chi connectivity index (χ4n) is 3.29. The van der Waals surface area contributed by atoms with Gasteiger partial charge in [0, 0.05) is 24.2 Å². The summed E-state index contributed by atoms with van der Waals surface area (Å²) in [6, 6.07) is 14.8. The molecule has 0 saturated heterocycles. The predicted octanol–water partition coefficient (Wildman–Crippen LogP) is 4.25. The van der Waals surface area contributed by atoms with Gasteiger partial charge in [0.05, 0.1) is 29.9 Å². The van der Waals surface area contributed by atoms with Gasteiger partial charge in [-0.3, -0.25) is 9.59 Å². The summed E-state index contributed by atoms with van der Waals surface area (Å²) in [5.41, 5.74) is 2.06. The average Bonchev–Trinajstić information content (AvgIpc) is 3.34. The molecule has 2 amide bonds. The van der Waals surface area contributed by atoms with E-state index in [-0.39, 0.29) is 24.2 Å². The van der Waals surface area contributed by atoms with E-state index in [0.717, 1.165) is 15.9 Å². The van der Waals surface area contributed by atoms with Gasteiger partial charge >= 0.3 is 0 Å². The summed E-state index contributed by atoms with van der Waals surface area (Å²) in [6.07, 6.45) is 0. The highest BCUT2D eigenvalue weighted by atomic mass is 32.1. The van der Waals surface area contributed by atoms with Crippen LogP contribution in [-0.2, 0) is 4.79 Å². The summed E-state index contributed by atoms with van der Waals surface area (Å²) in [4.78, 5) is 28.0. The van der Waals surface area contributed by atoms with Crippen LogP contribution in [0.15, 0.2) is 54.6 Å². The van der Waals surface area contributed by atoms with Crippen molar-refractivity contribution in [3.8, 4) is 11.4 Å². The number of fused-ring (bicyclic) bond motifs is 1. The van der Waals surface area contributed by atoms with Gasteiger partial charge in [-0.05, 0) is 49.4 Å². The van der Waals surface area contributed by atoms with Crippen LogP contribution in [0.4, 0.5) is 10.1 Å². The molecular weight excluding hydrogens is 431 g/mol. The Bertz CT molecular complexity index is 1300. The normalized spacial score (nSPS) is 10.9. The lowest BCUT2D eigenvalue weighted by Gasteiger charge is -2.16. The molecule has 0 unspecified atom stereocenters. The number of hydrogen-bond donors (Lipinski definition) is 1. The Hall–Kier alpha value is -3.72. The predicted molar refractivity (Wildman–Crippen MR) is 122 cm³/mol. The lowest BCUT2D eigenvalue weighted by atomic mass is 10.3. The van der Waals surface area contributed by atoms with Crippen LogP contribution in [0.1, 0.15) is 15.4 Å². The molecule has 9 heteroatoms. The number of carbonyl (C=O) groups excluding carboxylic acids is 2. The van der Waals surface area contributed by atoms with Gasteiger partial charge in [0.25, 0.3) is 5.91 Å². The molecule has 2 aromatic heterocycles. The Kier molecular flexibility index (Phi) is 5.91. The van der Waals surface area contributed by atoms with E-state index in [1.165, 1.54) is 28.4 Å².